The van der Waals surface area contributed by atoms with Crippen LogP contribution in [0.4, 0.5) is 5.69 Å². The maximum absolute atomic E-state index is 12.8. The summed E-state index contributed by atoms with van der Waals surface area (Å²) in [6, 6.07) is 7.82. The minimum absolute atomic E-state index is 0.150. The van der Waals surface area contributed by atoms with Crippen LogP contribution in [-0.4, -0.2) is 54.1 Å². The molecule has 7 heteroatoms. The van der Waals surface area contributed by atoms with Crippen LogP contribution in [0.3, 0.4) is 0 Å². The van der Waals surface area contributed by atoms with Crippen LogP contribution in [-0.2, 0) is 23.0 Å². The third kappa shape index (κ3) is 4.64. The molecule has 1 aliphatic rings. The van der Waals surface area contributed by atoms with E-state index in [1.807, 2.05) is 54.6 Å². The fourth-order valence-electron chi connectivity index (χ4n) is 4.17. The smallest absolute Gasteiger partial charge is 0.340 e. The van der Waals surface area contributed by atoms with Crippen molar-refractivity contribution in [3.8, 4) is 0 Å². The summed E-state index contributed by atoms with van der Waals surface area (Å²) in [5, 5.41) is 0.724. The van der Waals surface area contributed by atoms with Gasteiger partial charge in [-0.25, -0.2) is 4.79 Å². The monoisotopic (exact) mass is 431 g/mol. The van der Waals surface area contributed by atoms with E-state index in [4.69, 9.17) is 16.3 Å². The van der Waals surface area contributed by atoms with Crippen molar-refractivity contribution in [3.63, 3.8) is 0 Å². The van der Waals surface area contributed by atoms with Crippen molar-refractivity contribution in [2.24, 2.45) is 7.05 Å². The molecule has 6 nitrogen and oxygen atoms in total. The zero-order chi connectivity index (χ0) is 21.8. The van der Waals surface area contributed by atoms with E-state index in [-0.39, 0.29) is 11.9 Å². The number of nitrogens with zero attached hydrogens (tertiary/aromatic N) is 3. The molecule has 2 aromatic rings. The summed E-state index contributed by atoms with van der Waals surface area (Å²) in [5.74, 6) is -0.144. The molecular weight excluding hydrogens is 402 g/mol. The van der Waals surface area contributed by atoms with Gasteiger partial charge in [0.1, 0.15) is 0 Å². The van der Waals surface area contributed by atoms with Gasteiger partial charge in [0.2, 0.25) is 5.91 Å². The van der Waals surface area contributed by atoms with Crippen molar-refractivity contribution in [1.82, 2.24) is 9.47 Å². The Labute approximate surface area is 183 Å². The standard InChI is InChI=1S/C23H30ClN3O3/c1-5-30-23(29)22-16(2)20(25(4)17(22)3)9-10-21(28)27-13-11-26(12-14-27)19-8-6-7-18(24)15-19/h6-8,15H,5,9-14H2,1-4H3. The second-order valence-electron chi connectivity index (χ2n) is 7.66. The first-order valence-electron chi connectivity index (χ1n) is 10.4. The lowest BCUT2D eigenvalue weighted by Crippen LogP contribution is -2.48. The van der Waals surface area contributed by atoms with Crippen molar-refractivity contribution < 1.29 is 14.3 Å². The number of piperazine rings is 1. The molecule has 30 heavy (non-hydrogen) atoms. The first-order valence-corrected chi connectivity index (χ1v) is 10.8. The van der Waals surface area contributed by atoms with E-state index in [0.717, 1.165) is 40.8 Å². The summed E-state index contributed by atoms with van der Waals surface area (Å²) in [4.78, 5) is 29.3. The lowest BCUT2D eigenvalue weighted by atomic mass is 10.1. The first-order chi connectivity index (χ1) is 14.3. The van der Waals surface area contributed by atoms with Gasteiger partial charge in [-0.15, -0.1) is 0 Å². The van der Waals surface area contributed by atoms with E-state index in [1.165, 1.54) is 0 Å². The van der Waals surface area contributed by atoms with Gasteiger partial charge in [-0.05, 0) is 51.0 Å². The van der Waals surface area contributed by atoms with Gasteiger partial charge in [0.05, 0.1) is 12.2 Å². The molecule has 162 valence electrons. The second kappa shape index (κ2) is 9.56. The number of ether oxygens (including phenoxy) is 1. The fourth-order valence-corrected chi connectivity index (χ4v) is 4.35. The molecule has 0 atom stereocenters. The van der Waals surface area contributed by atoms with Crippen LogP contribution in [0.15, 0.2) is 24.3 Å². The van der Waals surface area contributed by atoms with Gasteiger partial charge in [0.25, 0.3) is 0 Å². The molecule has 0 radical (unpaired) electrons. The Morgan fingerprint density at radius 2 is 1.83 bits per heavy atom. The quantitative estimate of drug-likeness (QED) is 0.653. The highest BCUT2D eigenvalue weighted by atomic mass is 35.5. The maximum atomic E-state index is 12.8. The number of anilines is 1. The summed E-state index contributed by atoms with van der Waals surface area (Å²) in [6.45, 7) is 8.99. The Balaban J connectivity index is 1.59. The largest absolute Gasteiger partial charge is 0.462 e. The molecule has 0 N–H and O–H groups in total. The molecule has 0 aliphatic carbocycles. The van der Waals surface area contributed by atoms with Crippen molar-refractivity contribution in [2.75, 3.05) is 37.7 Å². The molecular formula is C23H30ClN3O3. The zero-order valence-corrected chi connectivity index (χ0v) is 19.0. The van der Waals surface area contributed by atoms with Crippen LogP contribution in [0.5, 0.6) is 0 Å². The third-order valence-electron chi connectivity index (χ3n) is 5.94. The summed E-state index contributed by atoms with van der Waals surface area (Å²) in [7, 11) is 1.94. The number of benzene rings is 1. The van der Waals surface area contributed by atoms with Gasteiger partial charge < -0.3 is 19.1 Å². The molecule has 1 saturated heterocycles. The third-order valence-corrected chi connectivity index (χ3v) is 6.17. The molecule has 1 fully saturated rings. The number of hydrogen-bond donors (Lipinski definition) is 0. The van der Waals surface area contributed by atoms with E-state index < -0.39 is 0 Å². The van der Waals surface area contributed by atoms with Crippen molar-refractivity contribution >= 4 is 29.2 Å². The molecule has 1 amide bonds. The highest BCUT2D eigenvalue weighted by Crippen LogP contribution is 2.24. The summed E-state index contributed by atoms with van der Waals surface area (Å²) in [6.07, 6.45) is 1.04. The van der Waals surface area contributed by atoms with E-state index in [9.17, 15) is 9.59 Å². The molecule has 1 aliphatic heterocycles. The van der Waals surface area contributed by atoms with Gasteiger partial charge in [-0.2, -0.15) is 0 Å². The molecule has 0 saturated carbocycles. The molecule has 2 heterocycles. The van der Waals surface area contributed by atoms with Crippen molar-refractivity contribution in [2.45, 2.75) is 33.6 Å². The number of carbonyl (C=O) groups is 2. The second-order valence-corrected chi connectivity index (χ2v) is 8.10. The predicted octanol–water partition coefficient (Wildman–Crippen LogP) is 3.75. The van der Waals surface area contributed by atoms with Crippen LogP contribution in [0, 0.1) is 13.8 Å². The maximum Gasteiger partial charge on any atom is 0.340 e. The number of rotatable bonds is 6. The van der Waals surface area contributed by atoms with Crippen LogP contribution < -0.4 is 4.90 Å². The summed E-state index contributed by atoms with van der Waals surface area (Å²) in [5.41, 5.74) is 4.52. The van der Waals surface area contributed by atoms with E-state index in [1.54, 1.807) is 6.92 Å². The van der Waals surface area contributed by atoms with Gasteiger partial charge >= 0.3 is 5.97 Å². The SMILES string of the molecule is CCOC(=O)c1c(C)c(CCC(=O)N2CCN(c3cccc(Cl)c3)CC2)n(C)c1C. The van der Waals surface area contributed by atoms with Crippen LogP contribution >= 0.6 is 11.6 Å². The minimum Gasteiger partial charge on any atom is -0.462 e. The highest BCUT2D eigenvalue weighted by molar-refractivity contribution is 6.30. The van der Waals surface area contributed by atoms with Crippen molar-refractivity contribution in [3.05, 3.63) is 51.8 Å². The van der Waals surface area contributed by atoms with Crippen LogP contribution in [0.2, 0.25) is 5.02 Å². The Kier molecular flexibility index (Phi) is 7.08. The van der Waals surface area contributed by atoms with E-state index >= 15 is 0 Å². The van der Waals surface area contributed by atoms with Crippen LogP contribution in [0.1, 0.15) is 40.7 Å². The molecule has 0 bridgehead atoms. The Morgan fingerprint density at radius 3 is 2.47 bits per heavy atom. The van der Waals surface area contributed by atoms with Gasteiger partial charge in [-0.3, -0.25) is 4.79 Å². The lowest BCUT2D eigenvalue weighted by Gasteiger charge is -2.36. The van der Waals surface area contributed by atoms with E-state index in [0.29, 0.717) is 38.1 Å². The first kappa shape index (κ1) is 22.2. The zero-order valence-electron chi connectivity index (χ0n) is 18.2. The number of carbonyl (C=O) groups excluding carboxylic acids is 2. The number of esters is 1. The van der Waals surface area contributed by atoms with Crippen LogP contribution in [0.25, 0.3) is 0 Å². The van der Waals surface area contributed by atoms with E-state index in [2.05, 4.69) is 4.90 Å². The average Bonchev–Trinajstić information content (AvgIpc) is 2.95. The Hall–Kier alpha value is -2.47. The van der Waals surface area contributed by atoms with Crippen molar-refractivity contribution in [1.29, 1.82) is 0 Å². The topological polar surface area (TPSA) is 54.8 Å². The predicted molar refractivity (Wildman–Crippen MR) is 119 cm³/mol. The number of halogens is 1. The summed E-state index contributed by atoms with van der Waals surface area (Å²) < 4.78 is 7.20. The molecule has 0 unspecified atom stereocenters. The van der Waals surface area contributed by atoms with Gasteiger partial charge in [-0.1, -0.05) is 17.7 Å². The van der Waals surface area contributed by atoms with Gasteiger partial charge in [0.15, 0.2) is 0 Å². The molecule has 3 rings (SSSR count). The fraction of sp³-hybridized carbons (Fsp3) is 0.478. The highest BCUT2D eigenvalue weighted by Gasteiger charge is 2.24. The summed E-state index contributed by atoms with van der Waals surface area (Å²) >= 11 is 6.10. The lowest BCUT2D eigenvalue weighted by molar-refractivity contribution is -0.131. The number of aromatic nitrogens is 1. The molecule has 1 aromatic carbocycles. The normalized spacial score (nSPS) is 14.2. The Morgan fingerprint density at radius 1 is 1.13 bits per heavy atom. The molecule has 1 aromatic heterocycles. The number of hydrogen-bond acceptors (Lipinski definition) is 4. The minimum atomic E-state index is -0.294. The number of amides is 1. The Bertz CT molecular complexity index is 930. The molecule has 0 spiro atoms. The van der Waals surface area contributed by atoms with Gasteiger partial charge in [0, 0.05) is 61.7 Å². The average molecular weight is 432 g/mol.